The monoisotopic (exact) mass is 348 g/mol. The summed E-state index contributed by atoms with van der Waals surface area (Å²) in [5.74, 6) is -4.14. The highest BCUT2D eigenvalue weighted by Crippen LogP contribution is 2.20. The molecule has 10 heteroatoms. The zero-order chi connectivity index (χ0) is 18.6. The number of hydrogen-bond donors (Lipinski definition) is 6. The zero-order valence-corrected chi connectivity index (χ0v) is 13.3. The standard InChI is InChI=1S/C14H24N2O8/c17-10(18)1-5-14(6-2-11(19)20,16-8-4-13(23)24)9-15-7-3-12(21)22/h15-16H,1-9H2,(H,17,18)(H,19,20)(H,21,22)(H,23,24). The van der Waals surface area contributed by atoms with Crippen molar-refractivity contribution in [2.45, 2.75) is 44.1 Å². The lowest BCUT2D eigenvalue weighted by atomic mass is 9.87. The molecule has 0 saturated carbocycles. The molecule has 0 aliphatic carbocycles. The molecule has 0 heterocycles. The van der Waals surface area contributed by atoms with Gasteiger partial charge in [-0.2, -0.15) is 0 Å². The van der Waals surface area contributed by atoms with Crippen LogP contribution in [0.5, 0.6) is 0 Å². The average Bonchev–Trinajstić information content (AvgIpc) is 2.46. The van der Waals surface area contributed by atoms with Crippen molar-refractivity contribution < 1.29 is 39.6 Å². The fraction of sp³-hybridized carbons (Fsp3) is 0.714. The topological polar surface area (TPSA) is 173 Å². The minimum absolute atomic E-state index is 0.0508. The molecule has 0 aliphatic rings. The summed E-state index contributed by atoms with van der Waals surface area (Å²) in [6.45, 7) is 0.327. The molecular formula is C14H24N2O8. The van der Waals surface area contributed by atoms with Gasteiger partial charge < -0.3 is 31.1 Å². The van der Waals surface area contributed by atoms with E-state index in [1.54, 1.807) is 0 Å². The Balaban J connectivity index is 4.91. The molecule has 0 unspecified atom stereocenters. The number of nitrogens with one attached hydrogen (secondary N) is 2. The highest BCUT2D eigenvalue weighted by atomic mass is 16.4. The predicted octanol–water partition coefficient (Wildman–Crippen LogP) is -0.417. The summed E-state index contributed by atoms with van der Waals surface area (Å²) >= 11 is 0. The van der Waals surface area contributed by atoms with Gasteiger partial charge in [-0.15, -0.1) is 0 Å². The van der Waals surface area contributed by atoms with Gasteiger partial charge in [0.05, 0.1) is 12.8 Å². The third-order valence-electron chi connectivity index (χ3n) is 3.45. The maximum absolute atomic E-state index is 10.8. The first-order valence-corrected chi connectivity index (χ1v) is 7.50. The van der Waals surface area contributed by atoms with Crippen LogP contribution in [-0.2, 0) is 19.2 Å². The molecule has 10 nitrogen and oxygen atoms in total. The summed E-state index contributed by atoms with van der Waals surface area (Å²) in [6.07, 6.45) is -0.592. The van der Waals surface area contributed by atoms with Gasteiger partial charge in [0.25, 0.3) is 0 Å². The Labute approximate surface area is 138 Å². The molecule has 0 rings (SSSR count). The van der Waals surface area contributed by atoms with E-state index in [2.05, 4.69) is 10.6 Å². The van der Waals surface area contributed by atoms with E-state index in [0.29, 0.717) is 0 Å². The van der Waals surface area contributed by atoms with E-state index in [4.69, 9.17) is 20.4 Å². The third-order valence-corrected chi connectivity index (χ3v) is 3.45. The molecule has 0 amide bonds. The third kappa shape index (κ3) is 11.4. The second-order valence-corrected chi connectivity index (χ2v) is 5.46. The van der Waals surface area contributed by atoms with Crippen LogP contribution in [0.15, 0.2) is 0 Å². The van der Waals surface area contributed by atoms with Gasteiger partial charge in [-0.1, -0.05) is 0 Å². The van der Waals surface area contributed by atoms with E-state index in [9.17, 15) is 19.2 Å². The van der Waals surface area contributed by atoms with Crippen molar-refractivity contribution in [1.82, 2.24) is 10.6 Å². The van der Waals surface area contributed by atoms with Crippen LogP contribution >= 0.6 is 0 Å². The lowest BCUT2D eigenvalue weighted by Gasteiger charge is -2.35. The van der Waals surface area contributed by atoms with Gasteiger partial charge in [-0.3, -0.25) is 19.2 Å². The maximum atomic E-state index is 10.8. The van der Waals surface area contributed by atoms with E-state index in [0.717, 1.165) is 0 Å². The second kappa shape index (κ2) is 11.4. The van der Waals surface area contributed by atoms with Gasteiger partial charge in [-0.05, 0) is 12.8 Å². The van der Waals surface area contributed by atoms with Crippen molar-refractivity contribution in [2.75, 3.05) is 19.6 Å². The van der Waals surface area contributed by atoms with E-state index in [1.165, 1.54) is 0 Å². The Hall–Kier alpha value is -2.20. The molecule has 138 valence electrons. The lowest BCUT2D eigenvalue weighted by molar-refractivity contribution is -0.139. The van der Waals surface area contributed by atoms with E-state index in [-0.39, 0.29) is 58.2 Å². The molecule has 0 aliphatic heterocycles. The number of rotatable bonds is 15. The molecule has 0 saturated heterocycles. The maximum Gasteiger partial charge on any atom is 0.304 e. The van der Waals surface area contributed by atoms with Crippen LogP contribution in [0.2, 0.25) is 0 Å². The summed E-state index contributed by atoms with van der Waals surface area (Å²) in [6, 6.07) is 0. The van der Waals surface area contributed by atoms with Gasteiger partial charge in [0, 0.05) is 38.0 Å². The normalized spacial score (nSPS) is 11.2. The van der Waals surface area contributed by atoms with Crippen LogP contribution in [0.25, 0.3) is 0 Å². The van der Waals surface area contributed by atoms with Crippen molar-refractivity contribution >= 4 is 23.9 Å². The Morgan fingerprint density at radius 3 is 1.50 bits per heavy atom. The summed E-state index contributed by atoms with van der Waals surface area (Å²) < 4.78 is 0. The van der Waals surface area contributed by atoms with E-state index < -0.39 is 29.4 Å². The number of aliphatic carboxylic acids is 4. The predicted molar refractivity (Wildman–Crippen MR) is 81.8 cm³/mol. The van der Waals surface area contributed by atoms with Crippen LogP contribution in [0, 0.1) is 0 Å². The van der Waals surface area contributed by atoms with Gasteiger partial charge >= 0.3 is 23.9 Å². The first-order valence-electron chi connectivity index (χ1n) is 7.50. The Kier molecular flexibility index (Phi) is 10.3. The summed E-state index contributed by atoms with van der Waals surface area (Å²) in [7, 11) is 0. The molecule has 6 N–H and O–H groups in total. The van der Waals surface area contributed by atoms with Crippen LogP contribution < -0.4 is 10.6 Å². The second-order valence-electron chi connectivity index (χ2n) is 5.46. The zero-order valence-electron chi connectivity index (χ0n) is 13.3. The minimum atomic E-state index is -1.06. The largest absolute Gasteiger partial charge is 0.481 e. The van der Waals surface area contributed by atoms with Crippen LogP contribution in [0.4, 0.5) is 0 Å². The molecule has 24 heavy (non-hydrogen) atoms. The number of carboxylic acid groups (broad SMARTS) is 4. The lowest BCUT2D eigenvalue weighted by Crippen LogP contribution is -2.54. The Bertz CT molecular complexity index is 434. The van der Waals surface area contributed by atoms with E-state index in [1.807, 2.05) is 0 Å². The van der Waals surface area contributed by atoms with Crippen molar-refractivity contribution in [2.24, 2.45) is 0 Å². The molecule has 0 spiro atoms. The fourth-order valence-corrected chi connectivity index (χ4v) is 2.19. The quantitative estimate of drug-likeness (QED) is 0.213. The average molecular weight is 348 g/mol. The highest BCUT2D eigenvalue weighted by molar-refractivity contribution is 5.68. The first kappa shape index (κ1) is 21.8. The van der Waals surface area contributed by atoms with Crippen LogP contribution in [-0.4, -0.2) is 69.5 Å². The smallest absolute Gasteiger partial charge is 0.304 e. The van der Waals surface area contributed by atoms with Gasteiger partial charge in [0.2, 0.25) is 0 Å². The summed E-state index contributed by atoms with van der Waals surface area (Å²) in [5.41, 5.74) is -0.940. The minimum Gasteiger partial charge on any atom is -0.481 e. The molecule has 0 atom stereocenters. The summed E-state index contributed by atoms with van der Waals surface area (Å²) in [5, 5.41) is 40.9. The molecule has 0 radical (unpaired) electrons. The number of carbonyl (C=O) groups is 4. The fourth-order valence-electron chi connectivity index (χ4n) is 2.19. The first-order chi connectivity index (χ1) is 11.2. The van der Waals surface area contributed by atoms with Crippen LogP contribution in [0.3, 0.4) is 0 Å². The summed E-state index contributed by atoms with van der Waals surface area (Å²) in [4.78, 5) is 42.9. The van der Waals surface area contributed by atoms with Crippen molar-refractivity contribution in [3.63, 3.8) is 0 Å². The number of carboxylic acids is 4. The van der Waals surface area contributed by atoms with Gasteiger partial charge in [0.1, 0.15) is 0 Å². The van der Waals surface area contributed by atoms with Crippen molar-refractivity contribution in [1.29, 1.82) is 0 Å². The highest BCUT2D eigenvalue weighted by Gasteiger charge is 2.30. The number of hydrogen-bond acceptors (Lipinski definition) is 6. The van der Waals surface area contributed by atoms with Gasteiger partial charge in [-0.25, -0.2) is 0 Å². The Morgan fingerprint density at radius 1 is 0.667 bits per heavy atom. The van der Waals surface area contributed by atoms with Gasteiger partial charge in [0.15, 0.2) is 0 Å². The van der Waals surface area contributed by atoms with Crippen molar-refractivity contribution in [3.8, 4) is 0 Å². The molecule has 0 fully saturated rings. The molecule has 0 aromatic heterocycles. The molecule has 0 aromatic rings. The molecule has 0 aromatic carbocycles. The van der Waals surface area contributed by atoms with Crippen LogP contribution in [0.1, 0.15) is 38.5 Å². The van der Waals surface area contributed by atoms with E-state index >= 15 is 0 Å². The SMILES string of the molecule is O=C(O)CCNCC(CCC(=O)O)(CCC(=O)O)NCCC(=O)O. The van der Waals surface area contributed by atoms with Crippen molar-refractivity contribution in [3.05, 3.63) is 0 Å². The Morgan fingerprint density at radius 2 is 1.08 bits per heavy atom. The molecular weight excluding hydrogens is 324 g/mol. The molecule has 0 bridgehead atoms.